The highest BCUT2D eigenvalue weighted by molar-refractivity contribution is 5.80. The topological polar surface area (TPSA) is 74.6 Å². The van der Waals surface area contributed by atoms with Crippen molar-refractivity contribution in [3.8, 4) is 11.8 Å². The smallest absolute Gasteiger partial charge is 0.297 e. The van der Waals surface area contributed by atoms with Gasteiger partial charge in [0.05, 0.1) is 19.3 Å². The molecule has 0 spiro atoms. The van der Waals surface area contributed by atoms with Crippen molar-refractivity contribution < 1.29 is 27.8 Å². The van der Waals surface area contributed by atoms with E-state index < -0.39 is 11.6 Å². The predicted octanol–water partition coefficient (Wildman–Crippen LogP) is 3.87. The maximum atomic E-state index is 15.0. The fraction of sp³-hybridized carbons (Fsp3) is 0.652. The van der Waals surface area contributed by atoms with E-state index in [4.69, 9.17) is 14.2 Å². The van der Waals surface area contributed by atoms with Gasteiger partial charge < -0.3 is 19.5 Å². The number of benzene rings is 1. The zero-order chi connectivity index (χ0) is 22.8. The largest absolute Gasteiger partial charge is 0.490 e. The average molecular weight is 452 g/mol. The van der Waals surface area contributed by atoms with Crippen molar-refractivity contribution >= 4 is 16.9 Å². The average Bonchev–Trinajstić information content (AvgIpc) is 3.52. The first kappa shape index (κ1) is 22.8. The molecule has 9 heteroatoms. The van der Waals surface area contributed by atoms with Crippen molar-refractivity contribution in [3.63, 3.8) is 0 Å². The molecular formula is C23H31F2N3O4. The molecule has 2 aromatic rings. The Bertz CT molecular complexity index is 968. The second-order valence-corrected chi connectivity index (χ2v) is 9.03. The van der Waals surface area contributed by atoms with Crippen LogP contribution < -0.4 is 14.8 Å². The summed E-state index contributed by atoms with van der Waals surface area (Å²) in [6.07, 6.45) is 5.26. The number of rotatable bonds is 9. The number of carbonyl (C=O) groups excluding carboxylic acids is 1. The van der Waals surface area contributed by atoms with Gasteiger partial charge in [0.25, 0.3) is 6.01 Å². The van der Waals surface area contributed by atoms with Crippen LogP contribution in [-0.4, -0.2) is 46.9 Å². The van der Waals surface area contributed by atoms with E-state index in [-0.39, 0.29) is 47.0 Å². The second kappa shape index (κ2) is 9.60. The van der Waals surface area contributed by atoms with E-state index in [1.54, 1.807) is 7.05 Å². The maximum absolute atomic E-state index is 15.0. The molecule has 0 radical (unpaired) electrons. The molecular weight excluding hydrogens is 420 g/mol. The number of hydrogen-bond acceptors (Lipinski definition) is 5. The van der Waals surface area contributed by atoms with Gasteiger partial charge in [0.2, 0.25) is 5.91 Å². The van der Waals surface area contributed by atoms with E-state index in [0.717, 1.165) is 44.6 Å². The number of nitrogens with zero attached hydrogens (tertiary/aromatic N) is 2. The third kappa shape index (κ3) is 5.31. The zero-order valence-corrected chi connectivity index (χ0v) is 18.8. The number of fused-ring (bicyclic) bond motifs is 1. The summed E-state index contributed by atoms with van der Waals surface area (Å²) < 4.78 is 48.5. The zero-order valence-electron chi connectivity index (χ0n) is 18.8. The van der Waals surface area contributed by atoms with Gasteiger partial charge >= 0.3 is 0 Å². The molecule has 1 atom stereocenters. The Balaban J connectivity index is 1.36. The van der Waals surface area contributed by atoms with Crippen molar-refractivity contribution in [1.29, 1.82) is 0 Å². The van der Waals surface area contributed by atoms with Crippen LogP contribution in [0.1, 0.15) is 52.4 Å². The maximum Gasteiger partial charge on any atom is 0.297 e. The van der Waals surface area contributed by atoms with Gasteiger partial charge in [-0.15, -0.1) is 0 Å². The van der Waals surface area contributed by atoms with Gasteiger partial charge in [0.1, 0.15) is 17.1 Å². The Morgan fingerprint density at radius 2 is 1.91 bits per heavy atom. The van der Waals surface area contributed by atoms with Crippen LogP contribution in [0.4, 0.5) is 8.78 Å². The summed E-state index contributed by atoms with van der Waals surface area (Å²) >= 11 is 0. The molecule has 2 saturated carbocycles. The molecule has 1 aromatic heterocycles. The van der Waals surface area contributed by atoms with Gasteiger partial charge in [-0.05, 0) is 51.4 Å². The van der Waals surface area contributed by atoms with Gasteiger partial charge in [-0.25, -0.2) is 8.78 Å². The van der Waals surface area contributed by atoms with E-state index in [1.807, 2.05) is 6.92 Å². The van der Waals surface area contributed by atoms with Crippen molar-refractivity contribution in [2.45, 2.75) is 70.6 Å². The van der Waals surface area contributed by atoms with E-state index >= 15 is 4.39 Å². The van der Waals surface area contributed by atoms with E-state index in [1.165, 1.54) is 11.5 Å². The molecule has 7 nitrogen and oxygen atoms in total. The highest BCUT2D eigenvalue weighted by Crippen LogP contribution is 2.35. The van der Waals surface area contributed by atoms with Crippen LogP contribution in [0.3, 0.4) is 0 Å². The third-order valence-corrected chi connectivity index (χ3v) is 6.06. The Kier molecular flexibility index (Phi) is 6.83. The minimum atomic E-state index is -0.622. The quantitative estimate of drug-likeness (QED) is 0.627. The number of halogens is 2. The number of aromatic nitrogens is 2. The van der Waals surface area contributed by atoms with E-state index in [0.29, 0.717) is 19.1 Å². The normalized spacial score (nSPS) is 22.0. The Morgan fingerprint density at radius 3 is 2.56 bits per heavy atom. The van der Waals surface area contributed by atoms with Crippen molar-refractivity contribution in [1.82, 2.24) is 14.9 Å². The number of carbonyl (C=O) groups is 1. The molecule has 1 heterocycles. The van der Waals surface area contributed by atoms with E-state index in [9.17, 15) is 9.18 Å². The number of amides is 1. The molecule has 2 aliphatic rings. The number of aryl methyl sites for hydroxylation is 1. The Morgan fingerprint density at radius 1 is 1.22 bits per heavy atom. The summed E-state index contributed by atoms with van der Waals surface area (Å²) in [5.74, 6) is -0.954. The summed E-state index contributed by atoms with van der Waals surface area (Å²) in [5.41, 5.74) is -0.00229. The standard InChI is InChI=1S/C23H31F2N3O4/c1-13(26-14(2)29)11-30-16-6-8-17(9-7-16)32-23-27-21-18(24)10-19(31-12-15-4-5-15)20(25)22(21)28(23)3/h10,13,15-17H,4-9,11-12H2,1-3H3,(H,26,29)/t13-,16?,17?/m0/s1. The third-order valence-electron chi connectivity index (χ3n) is 6.06. The van der Waals surface area contributed by atoms with Crippen molar-refractivity contribution in [3.05, 3.63) is 17.7 Å². The SMILES string of the molecule is CC(=O)N[C@@H](C)COC1CCC(Oc2nc3c(F)cc(OCC4CC4)c(F)c3n2C)CC1. The van der Waals surface area contributed by atoms with Crippen LogP contribution in [0.25, 0.3) is 11.0 Å². The molecule has 0 unspecified atom stereocenters. The number of hydrogen-bond donors (Lipinski definition) is 1. The molecule has 32 heavy (non-hydrogen) atoms. The fourth-order valence-electron chi connectivity index (χ4n) is 4.10. The van der Waals surface area contributed by atoms with Crippen molar-refractivity contribution in [2.24, 2.45) is 13.0 Å². The first-order valence-electron chi connectivity index (χ1n) is 11.3. The molecule has 4 rings (SSSR count). The molecule has 2 aliphatic carbocycles. The monoisotopic (exact) mass is 451 g/mol. The molecule has 0 aliphatic heterocycles. The highest BCUT2D eigenvalue weighted by Gasteiger charge is 2.28. The van der Waals surface area contributed by atoms with Crippen molar-refractivity contribution in [2.75, 3.05) is 13.2 Å². The van der Waals surface area contributed by atoms with Gasteiger partial charge in [0, 0.05) is 26.1 Å². The summed E-state index contributed by atoms with van der Waals surface area (Å²) in [5, 5.41) is 2.80. The molecule has 1 amide bonds. The number of imidazole rings is 1. The summed E-state index contributed by atoms with van der Waals surface area (Å²) in [4.78, 5) is 15.3. The lowest BCUT2D eigenvalue weighted by Crippen LogP contribution is -2.37. The van der Waals surface area contributed by atoms with Crippen LogP contribution in [0.15, 0.2) is 6.07 Å². The van der Waals surface area contributed by atoms with Gasteiger partial charge in [-0.3, -0.25) is 9.36 Å². The molecule has 0 bridgehead atoms. The van der Waals surface area contributed by atoms with Gasteiger partial charge in [-0.1, -0.05) is 0 Å². The molecule has 176 valence electrons. The van der Waals surface area contributed by atoms with Crippen LogP contribution in [0, 0.1) is 17.6 Å². The van der Waals surface area contributed by atoms with Crippen LogP contribution in [-0.2, 0) is 16.6 Å². The first-order valence-corrected chi connectivity index (χ1v) is 11.3. The van der Waals surface area contributed by atoms with Crippen LogP contribution in [0.5, 0.6) is 11.8 Å². The molecule has 0 saturated heterocycles. The lowest BCUT2D eigenvalue weighted by molar-refractivity contribution is -0.120. The first-order chi connectivity index (χ1) is 15.3. The Labute approximate surface area is 186 Å². The predicted molar refractivity (Wildman–Crippen MR) is 115 cm³/mol. The summed E-state index contributed by atoms with van der Waals surface area (Å²) in [6, 6.07) is 1.23. The lowest BCUT2D eigenvalue weighted by Gasteiger charge is -2.29. The second-order valence-electron chi connectivity index (χ2n) is 9.03. The summed E-state index contributed by atoms with van der Waals surface area (Å²) in [7, 11) is 1.62. The summed E-state index contributed by atoms with van der Waals surface area (Å²) in [6.45, 7) is 4.25. The highest BCUT2D eigenvalue weighted by atomic mass is 19.1. The van der Waals surface area contributed by atoms with Crippen LogP contribution in [0.2, 0.25) is 0 Å². The lowest BCUT2D eigenvalue weighted by atomic mass is 9.95. The molecule has 2 fully saturated rings. The van der Waals surface area contributed by atoms with E-state index in [2.05, 4.69) is 10.3 Å². The van der Waals surface area contributed by atoms with Gasteiger partial charge in [-0.2, -0.15) is 4.98 Å². The van der Waals surface area contributed by atoms with Gasteiger partial charge in [0.15, 0.2) is 17.4 Å². The minimum Gasteiger partial charge on any atom is -0.490 e. The van der Waals surface area contributed by atoms with Crippen LogP contribution >= 0.6 is 0 Å². The minimum absolute atomic E-state index is 0.0376. The molecule has 1 aromatic carbocycles. The number of nitrogens with one attached hydrogen (secondary N) is 1. The molecule has 1 N–H and O–H groups in total. The fourth-order valence-corrected chi connectivity index (χ4v) is 4.10. The number of ether oxygens (including phenoxy) is 3. The Hall–Kier alpha value is -2.42.